The molecule has 1 unspecified atom stereocenters. The SMILES string of the molecule is NC(=O)C(c1cccc(Br)c1)N1CCC(O)CC1. The Morgan fingerprint density at radius 2 is 2.11 bits per heavy atom. The molecule has 0 radical (unpaired) electrons. The standard InChI is InChI=1S/C13H17BrN2O2/c14-10-3-1-2-9(8-10)12(13(15)18)16-6-4-11(17)5-7-16/h1-3,8,11-12,17H,4-7H2,(H2,15,18). The highest BCUT2D eigenvalue weighted by Gasteiger charge is 2.29. The van der Waals surface area contributed by atoms with Gasteiger partial charge in [0.2, 0.25) is 5.91 Å². The average Bonchev–Trinajstić information content (AvgIpc) is 2.32. The first-order valence-corrected chi connectivity index (χ1v) is 6.84. The van der Waals surface area contributed by atoms with Crippen LogP contribution in [0.3, 0.4) is 0 Å². The lowest BCUT2D eigenvalue weighted by Crippen LogP contribution is -2.43. The Bertz CT molecular complexity index is 431. The van der Waals surface area contributed by atoms with Crippen LogP contribution in [-0.4, -0.2) is 35.1 Å². The molecule has 1 aliphatic rings. The number of benzene rings is 1. The lowest BCUT2D eigenvalue weighted by Gasteiger charge is -2.34. The topological polar surface area (TPSA) is 66.6 Å². The number of hydrogen-bond donors (Lipinski definition) is 2. The third kappa shape index (κ3) is 3.10. The maximum absolute atomic E-state index is 11.7. The van der Waals surface area contributed by atoms with Gasteiger partial charge < -0.3 is 10.8 Å². The highest BCUT2D eigenvalue weighted by Crippen LogP contribution is 2.26. The summed E-state index contributed by atoms with van der Waals surface area (Å²) in [7, 11) is 0. The number of nitrogens with two attached hydrogens (primary N) is 1. The molecule has 0 saturated carbocycles. The molecular formula is C13H17BrN2O2. The highest BCUT2D eigenvalue weighted by molar-refractivity contribution is 9.10. The molecule has 1 fully saturated rings. The van der Waals surface area contributed by atoms with Crippen LogP contribution in [0, 0.1) is 0 Å². The molecule has 1 heterocycles. The quantitative estimate of drug-likeness (QED) is 0.887. The van der Waals surface area contributed by atoms with Crippen LogP contribution >= 0.6 is 15.9 Å². The van der Waals surface area contributed by atoms with E-state index in [9.17, 15) is 9.90 Å². The second kappa shape index (κ2) is 5.82. The summed E-state index contributed by atoms with van der Waals surface area (Å²) >= 11 is 3.40. The van der Waals surface area contributed by atoms with Gasteiger partial charge in [-0.3, -0.25) is 9.69 Å². The van der Waals surface area contributed by atoms with Gasteiger partial charge in [0.15, 0.2) is 0 Å². The minimum atomic E-state index is -0.407. The monoisotopic (exact) mass is 312 g/mol. The molecule has 4 nitrogen and oxygen atoms in total. The van der Waals surface area contributed by atoms with Gasteiger partial charge in [-0.15, -0.1) is 0 Å². The number of piperidine rings is 1. The number of likely N-dealkylation sites (tertiary alicyclic amines) is 1. The number of primary amides is 1. The van der Waals surface area contributed by atoms with Crippen LogP contribution < -0.4 is 5.73 Å². The number of aliphatic hydroxyl groups is 1. The van der Waals surface area contributed by atoms with Gasteiger partial charge in [-0.05, 0) is 30.5 Å². The van der Waals surface area contributed by atoms with Gasteiger partial charge in [0.25, 0.3) is 0 Å². The third-order valence-corrected chi connectivity index (χ3v) is 3.79. The Labute approximate surface area is 115 Å². The fourth-order valence-electron chi connectivity index (χ4n) is 2.38. The second-order valence-corrected chi connectivity index (χ2v) is 5.54. The van der Waals surface area contributed by atoms with Crippen molar-refractivity contribution in [3.05, 3.63) is 34.3 Å². The molecular weight excluding hydrogens is 296 g/mol. The number of aliphatic hydroxyl groups excluding tert-OH is 1. The molecule has 0 spiro atoms. The minimum Gasteiger partial charge on any atom is -0.393 e. The van der Waals surface area contributed by atoms with Crippen molar-refractivity contribution in [2.45, 2.75) is 25.0 Å². The molecule has 0 bridgehead atoms. The zero-order chi connectivity index (χ0) is 13.1. The van der Waals surface area contributed by atoms with Gasteiger partial charge in [-0.2, -0.15) is 0 Å². The lowest BCUT2D eigenvalue weighted by molar-refractivity contribution is -0.124. The van der Waals surface area contributed by atoms with Crippen LogP contribution in [0.15, 0.2) is 28.7 Å². The summed E-state index contributed by atoms with van der Waals surface area (Å²) in [4.78, 5) is 13.7. The Balaban J connectivity index is 2.21. The summed E-state index contributed by atoms with van der Waals surface area (Å²) in [5, 5.41) is 9.51. The average molecular weight is 313 g/mol. The maximum Gasteiger partial charge on any atom is 0.239 e. The van der Waals surface area contributed by atoms with E-state index >= 15 is 0 Å². The Kier molecular flexibility index (Phi) is 4.37. The summed E-state index contributed by atoms with van der Waals surface area (Å²) in [5.41, 5.74) is 6.42. The molecule has 0 aromatic heterocycles. The first-order chi connectivity index (χ1) is 8.58. The van der Waals surface area contributed by atoms with Crippen LogP contribution in [0.25, 0.3) is 0 Å². The summed E-state index contributed by atoms with van der Waals surface area (Å²) in [6.45, 7) is 1.39. The van der Waals surface area contributed by atoms with E-state index in [0.29, 0.717) is 25.9 Å². The van der Waals surface area contributed by atoms with Crippen molar-refractivity contribution in [3.63, 3.8) is 0 Å². The largest absolute Gasteiger partial charge is 0.393 e. The van der Waals surface area contributed by atoms with Gasteiger partial charge >= 0.3 is 0 Å². The van der Waals surface area contributed by atoms with E-state index < -0.39 is 6.04 Å². The van der Waals surface area contributed by atoms with E-state index in [1.807, 2.05) is 29.2 Å². The van der Waals surface area contributed by atoms with E-state index in [1.54, 1.807) is 0 Å². The number of carbonyl (C=O) groups excluding carboxylic acids is 1. The summed E-state index contributed by atoms with van der Waals surface area (Å²) in [6, 6.07) is 7.23. The number of carbonyl (C=O) groups is 1. The molecule has 1 amide bonds. The van der Waals surface area contributed by atoms with Crippen LogP contribution in [0.4, 0.5) is 0 Å². The Morgan fingerprint density at radius 3 is 2.67 bits per heavy atom. The van der Waals surface area contributed by atoms with Crippen molar-refractivity contribution in [1.82, 2.24) is 4.90 Å². The van der Waals surface area contributed by atoms with Crippen molar-refractivity contribution in [2.24, 2.45) is 5.73 Å². The van der Waals surface area contributed by atoms with Crippen molar-refractivity contribution >= 4 is 21.8 Å². The van der Waals surface area contributed by atoms with E-state index in [-0.39, 0.29) is 12.0 Å². The van der Waals surface area contributed by atoms with E-state index in [4.69, 9.17) is 5.73 Å². The highest BCUT2D eigenvalue weighted by atomic mass is 79.9. The van der Waals surface area contributed by atoms with E-state index in [0.717, 1.165) is 10.0 Å². The molecule has 1 aliphatic heterocycles. The minimum absolute atomic E-state index is 0.253. The molecule has 18 heavy (non-hydrogen) atoms. The van der Waals surface area contributed by atoms with Gasteiger partial charge in [-0.25, -0.2) is 0 Å². The molecule has 1 atom stereocenters. The Hall–Kier alpha value is -0.910. The zero-order valence-electron chi connectivity index (χ0n) is 10.1. The number of nitrogens with zero attached hydrogens (tertiary/aromatic N) is 1. The van der Waals surface area contributed by atoms with Crippen molar-refractivity contribution < 1.29 is 9.90 Å². The smallest absolute Gasteiger partial charge is 0.239 e. The maximum atomic E-state index is 11.7. The van der Waals surface area contributed by atoms with Crippen LogP contribution in [0.2, 0.25) is 0 Å². The summed E-state index contributed by atoms with van der Waals surface area (Å²) in [5.74, 6) is -0.343. The first kappa shape index (κ1) is 13.5. The van der Waals surface area contributed by atoms with Crippen molar-refractivity contribution in [2.75, 3.05) is 13.1 Å². The number of hydrogen-bond acceptors (Lipinski definition) is 3. The zero-order valence-corrected chi connectivity index (χ0v) is 11.6. The summed E-state index contributed by atoms with van der Waals surface area (Å²) in [6.07, 6.45) is 1.13. The number of rotatable bonds is 3. The molecule has 5 heteroatoms. The predicted octanol–water partition coefficient (Wildman–Crippen LogP) is 1.43. The van der Waals surface area contributed by atoms with Crippen LogP contribution in [0.5, 0.6) is 0 Å². The lowest BCUT2D eigenvalue weighted by atomic mass is 10.00. The number of amides is 1. The molecule has 1 saturated heterocycles. The third-order valence-electron chi connectivity index (χ3n) is 3.30. The predicted molar refractivity (Wildman–Crippen MR) is 72.9 cm³/mol. The van der Waals surface area contributed by atoms with E-state index in [2.05, 4.69) is 15.9 Å². The van der Waals surface area contributed by atoms with Gasteiger partial charge in [-0.1, -0.05) is 28.1 Å². The molecule has 1 aromatic carbocycles. The van der Waals surface area contributed by atoms with Gasteiger partial charge in [0.05, 0.1) is 6.10 Å². The molecule has 98 valence electrons. The van der Waals surface area contributed by atoms with Crippen LogP contribution in [-0.2, 0) is 4.79 Å². The van der Waals surface area contributed by atoms with Gasteiger partial charge in [0, 0.05) is 17.6 Å². The van der Waals surface area contributed by atoms with Gasteiger partial charge in [0.1, 0.15) is 6.04 Å². The molecule has 3 N–H and O–H groups in total. The Morgan fingerprint density at radius 1 is 1.44 bits per heavy atom. The molecule has 0 aliphatic carbocycles. The van der Waals surface area contributed by atoms with E-state index in [1.165, 1.54) is 0 Å². The molecule has 1 aromatic rings. The first-order valence-electron chi connectivity index (χ1n) is 6.05. The fourth-order valence-corrected chi connectivity index (χ4v) is 2.79. The molecule has 2 rings (SSSR count). The second-order valence-electron chi connectivity index (χ2n) is 4.63. The summed E-state index contributed by atoms with van der Waals surface area (Å²) < 4.78 is 0.934. The fraction of sp³-hybridized carbons (Fsp3) is 0.462. The van der Waals surface area contributed by atoms with Crippen molar-refractivity contribution in [3.8, 4) is 0 Å². The van der Waals surface area contributed by atoms with Crippen molar-refractivity contribution in [1.29, 1.82) is 0 Å². The normalized spacial score (nSPS) is 19.7. The number of halogens is 1. The van der Waals surface area contributed by atoms with Crippen LogP contribution in [0.1, 0.15) is 24.4 Å².